The summed E-state index contributed by atoms with van der Waals surface area (Å²) in [7, 11) is 1.72. The molecule has 0 saturated heterocycles. The molecule has 146 valence electrons. The highest BCUT2D eigenvalue weighted by Crippen LogP contribution is 2.24. The Kier molecular flexibility index (Phi) is 5.40. The van der Waals surface area contributed by atoms with Gasteiger partial charge in [0, 0.05) is 13.1 Å². The molecule has 4 rings (SSSR count). The number of benzene rings is 2. The van der Waals surface area contributed by atoms with E-state index in [0.29, 0.717) is 16.1 Å². The quantitative estimate of drug-likeness (QED) is 0.414. The molecule has 1 saturated carbocycles. The van der Waals surface area contributed by atoms with Gasteiger partial charge < -0.3 is 5.32 Å². The SMILES string of the molecule is CC1CCC(NC(=O)CSc2nc3cc4ccccc4cc3c(=O)n2C)CC1. The molecular formula is C22H25N3O2S. The van der Waals surface area contributed by atoms with Gasteiger partial charge in [-0.15, -0.1) is 0 Å². The molecule has 1 aromatic heterocycles. The van der Waals surface area contributed by atoms with Crippen LogP contribution in [-0.2, 0) is 11.8 Å². The van der Waals surface area contributed by atoms with Crippen LogP contribution in [0, 0.1) is 5.92 Å². The normalized spacial score (nSPS) is 19.8. The number of carbonyl (C=O) groups excluding carboxylic acids is 1. The maximum atomic E-state index is 12.8. The molecule has 0 unspecified atom stereocenters. The van der Waals surface area contributed by atoms with Crippen molar-refractivity contribution in [2.45, 2.75) is 43.8 Å². The van der Waals surface area contributed by atoms with Crippen LogP contribution < -0.4 is 10.9 Å². The molecule has 0 bridgehead atoms. The van der Waals surface area contributed by atoms with E-state index in [0.717, 1.165) is 29.5 Å². The topological polar surface area (TPSA) is 64.0 Å². The number of hydrogen-bond acceptors (Lipinski definition) is 4. The van der Waals surface area contributed by atoms with E-state index in [9.17, 15) is 9.59 Å². The zero-order valence-electron chi connectivity index (χ0n) is 16.3. The predicted molar refractivity (Wildman–Crippen MR) is 115 cm³/mol. The van der Waals surface area contributed by atoms with Crippen molar-refractivity contribution in [1.29, 1.82) is 0 Å². The lowest BCUT2D eigenvalue weighted by atomic mass is 9.87. The van der Waals surface area contributed by atoms with Crippen LogP contribution in [0.5, 0.6) is 0 Å². The van der Waals surface area contributed by atoms with E-state index >= 15 is 0 Å². The predicted octanol–water partition coefficient (Wildman–Crippen LogP) is 3.87. The smallest absolute Gasteiger partial charge is 0.261 e. The Morgan fingerprint density at radius 3 is 2.57 bits per heavy atom. The minimum absolute atomic E-state index is 0.0115. The maximum Gasteiger partial charge on any atom is 0.261 e. The summed E-state index contributed by atoms with van der Waals surface area (Å²) in [5.74, 6) is 1.04. The molecule has 1 amide bonds. The highest BCUT2D eigenvalue weighted by Gasteiger charge is 2.20. The molecule has 1 heterocycles. The third-order valence-electron chi connectivity index (χ3n) is 5.62. The van der Waals surface area contributed by atoms with Crippen molar-refractivity contribution in [3.05, 3.63) is 46.8 Å². The third-order valence-corrected chi connectivity index (χ3v) is 6.65. The minimum Gasteiger partial charge on any atom is -0.353 e. The van der Waals surface area contributed by atoms with Gasteiger partial charge in [-0.3, -0.25) is 14.2 Å². The van der Waals surface area contributed by atoms with Gasteiger partial charge in [-0.25, -0.2) is 4.98 Å². The Labute approximate surface area is 168 Å². The van der Waals surface area contributed by atoms with Crippen molar-refractivity contribution in [2.75, 3.05) is 5.75 Å². The molecule has 0 radical (unpaired) electrons. The fourth-order valence-corrected chi connectivity index (χ4v) is 4.65. The summed E-state index contributed by atoms with van der Waals surface area (Å²) in [5.41, 5.74) is 0.589. The number of fused-ring (bicyclic) bond motifs is 2. The van der Waals surface area contributed by atoms with Gasteiger partial charge in [-0.2, -0.15) is 0 Å². The number of thioether (sulfide) groups is 1. The first-order valence-corrected chi connectivity index (χ1v) is 10.8. The van der Waals surface area contributed by atoms with Gasteiger partial charge in [0.1, 0.15) is 0 Å². The Morgan fingerprint density at radius 1 is 1.18 bits per heavy atom. The molecule has 2 aromatic carbocycles. The average Bonchev–Trinajstić information content (AvgIpc) is 2.70. The molecule has 6 heteroatoms. The van der Waals surface area contributed by atoms with Crippen LogP contribution in [-0.4, -0.2) is 27.3 Å². The summed E-state index contributed by atoms with van der Waals surface area (Å²) >= 11 is 1.32. The number of amides is 1. The summed E-state index contributed by atoms with van der Waals surface area (Å²) in [6, 6.07) is 12.1. The minimum atomic E-state index is -0.0834. The molecule has 1 aliphatic carbocycles. The Morgan fingerprint density at radius 2 is 1.86 bits per heavy atom. The van der Waals surface area contributed by atoms with Gasteiger partial charge in [0.25, 0.3) is 5.56 Å². The summed E-state index contributed by atoms with van der Waals surface area (Å²) in [6.45, 7) is 2.27. The summed E-state index contributed by atoms with van der Waals surface area (Å²) < 4.78 is 1.54. The molecule has 0 spiro atoms. The van der Waals surface area contributed by atoms with Crippen LogP contribution in [0.2, 0.25) is 0 Å². The second kappa shape index (κ2) is 7.95. The Hall–Kier alpha value is -2.34. The fourth-order valence-electron chi connectivity index (χ4n) is 3.87. The van der Waals surface area contributed by atoms with Crippen molar-refractivity contribution in [1.82, 2.24) is 14.9 Å². The second-order valence-corrected chi connectivity index (χ2v) is 8.73. The number of aromatic nitrogens is 2. The fraction of sp³-hybridized carbons (Fsp3) is 0.409. The van der Waals surface area contributed by atoms with Crippen molar-refractivity contribution < 1.29 is 4.79 Å². The zero-order valence-corrected chi connectivity index (χ0v) is 17.1. The van der Waals surface area contributed by atoms with Crippen LogP contribution in [0.3, 0.4) is 0 Å². The Balaban J connectivity index is 1.52. The van der Waals surface area contributed by atoms with Crippen molar-refractivity contribution in [2.24, 2.45) is 13.0 Å². The molecule has 1 aliphatic rings. The molecule has 1 N–H and O–H groups in total. The van der Waals surface area contributed by atoms with E-state index in [1.807, 2.05) is 36.4 Å². The number of nitrogens with one attached hydrogen (secondary N) is 1. The maximum absolute atomic E-state index is 12.8. The molecular weight excluding hydrogens is 370 g/mol. The molecule has 0 atom stereocenters. The second-order valence-electron chi connectivity index (χ2n) is 7.79. The number of hydrogen-bond donors (Lipinski definition) is 1. The standard InChI is InChI=1S/C22H25N3O2S/c1-14-7-9-17(10-8-14)23-20(26)13-28-22-24-19-12-16-6-4-3-5-15(16)11-18(19)21(27)25(22)2/h3-6,11-12,14,17H,7-10,13H2,1-2H3,(H,23,26). The van der Waals surface area contributed by atoms with Gasteiger partial charge in [-0.05, 0) is 54.5 Å². The highest BCUT2D eigenvalue weighted by molar-refractivity contribution is 7.99. The number of carbonyl (C=O) groups is 1. The van der Waals surface area contributed by atoms with E-state index in [4.69, 9.17) is 0 Å². The highest BCUT2D eigenvalue weighted by atomic mass is 32.2. The van der Waals surface area contributed by atoms with E-state index in [2.05, 4.69) is 17.2 Å². The monoisotopic (exact) mass is 395 g/mol. The van der Waals surface area contributed by atoms with Gasteiger partial charge in [0.05, 0.1) is 16.7 Å². The van der Waals surface area contributed by atoms with Gasteiger partial charge >= 0.3 is 0 Å². The molecule has 5 nitrogen and oxygen atoms in total. The zero-order chi connectivity index (χ0) is 19.7. The summed E-state index contributed by atoms with van der Waals surface area (Å²) in [5, 5.41) is 6.38. The first kappa shape index (κ1) is 19.0. The summed E-state index contributed by atoms with van der Waals surface area (Å²) in [4.78, 5) is 29.8. The Bertz CT molecular complexity index is 1080. The third kappa shape index (κ3) is 3.92. The lowest BCUT2D eigenvalue weighted by molar-refractivity contribution is -0.119. The first-order chi connectivity index (χ1) is 13.5. The van der Waals surface area contributed by atoms with Crippen LogP contribution >= 0.6 is 11.8 Å². The van der Waals surface area contributed by atoms with E-state index in [-0.39, 0.29) is 23.3 Å². The first-order valence-electron chi connectivity index (χ1n) is 9.83. The van der Waals surface area contributed by atoms with Crippen LogP contribution in [0.1, 0.15) is 32.6 Å². The van der Waals surface area contributed by atoms with Crippen molar-refractivity contribution in [3.63, 3.8) is 0 Å². The largest absolute Gasteiger partial charge is 0.353 e. The van der Waals surface area contributed by atoms with E-state index in [1.165, 1.54) is 29.2 Å². The number of nitrogens with zero attached hydrogens (tertiary/aromatic N) is 2. The van der Waals surface area contributed by atoms with Gasteiger partial charge in [0.15, 0.2) is 5.16 Å². The number of rotatable bonds is 4. The molecule has 0 aliphatic heterocycles. The van der Waals surface area contributed by atoms with Crippen LogP contribution in [0.25, 0.3) is 21.7 Å². The average molecular weight is 396 g/mol. The van der Waals surface area contributed by atoms with E-state index in [1.54, 1.807) is 7.05 Å². The summed E-state index contributed by atoms with van der Waals surface area (Å²) in [6.07, 6.45) is 4.45. The van der Waals surface area contributed by atoms with Crippen LogP contribution in [0.4, 0.5) is 0 Å². The molecule has 1 fully saturated rings. The van der Waals surface area contributed by atoms with E-state index < -0.39 is 0 Å². The van der Waals surface area contributed by atoms with Gasteiger partial charge in [-0.1, -0.05) is 43.0 Å². The van der Waals surface area contributed by atoms with Crippen molar-refractivity contribution in [3.8, 4) is 0 Å². The lowest BCUT2D eigenvalue weighted by Crippen LogP contribution is -2.38. The van der Waals surface area contributed by atoms with Gasteiger partial charge in [0.2, 0.25) is 5.91 Å². The van der Waals surface area contributed by atoms with Crippen LogP contribution in [0.15, 0.2) is 46.3 Å². The molecule has 3 aromatic rings. The lowest BCUT2D eigenvalue weighted by Gasteiger charge is -2.26. The molecule has 28 heavy (non-hydrogen) atoms. The van der Waals surface area contributed by atoms with Crippen molar-refractivity contribution >= 4 is 39.3 Å².